The van der Waals surface area contributed by atoms with Crippen molar-refractivity contribution in [2.24, 2.45) is 0 Å². The molecule has 0 aliphatic carbocycles. The Kier molecular flexibility index (Phi) is 3.71. The second-order valence-corrected chi connectivity index (χ2v) is 4.88. The van der Waals surface area contributed by atoms with Crippen LogP contribution in [0.2, 0.25) is 5.02 Å². The van der Waals surface area contributed by atoms with Crippen molar-refractivity contribution < 1.29 is 4.74 Å². The summed E-state index contributed by atoms with van der Waals surface area (Å²) in [5, 5.41) is 0.748. The molecule has 1 nitrogen and oxygen atoms in total. The Morgan fingerprint density at radius 2 is 1.05 bits per heavy atom. The lowest BCUT2D eigenvalue weighted by atomic mass is 10.1. The van der Waals surface area contributed by atoms with Crippen molar-refractivity contribution >= 4 is 11.6 Å². The Bertz CT molecular complexity index is 673. The zero-order chi connectivity index (χ0) is 13.8. The van der Waals surface area contributed by atoms with Gasteiger partial charge in [-0.1, -0.05) is 54.1 Å². The molecule has 3 rings (SSSR count). The number of para-hydroxylation sites is 1. The first-order chi connectivity index (χ1) is 9.81. The van der Waals surface area contributed by atoms with Crippen LogP contribution in [0.3, 0.4) is 0 Å². The molecular weight excluding hydrogens is 268 g/mol. The first-order valence-corrected chi connectivity index (χ1v) is 6.78. The normalized spacial score (nSPS) is 10.2. The standard InChI is InChI=1S/C18H13ClO/c19-16-10-6-14(7-11-16)15-8-12-18(13-9-15)20-17-4-2-1-3-5-17/h1-13H. The van der Waals surface area contributed by atoms with Gasteiger partial charge in [-0.2, -0.15) is 0 Å². The van der Waals surface area contributed by atoms with E-state index >= 15 is 0 Å². The van der Waals surface area contributed by atoms with Crippen LogP contribution in [0, 0.1) is 0 Å². The molecule has 0 amide bonds. The van der Waals surface area contributed by atoms with Crippen LogP contribution < -0.4 is 4.74 Å². The van der Waals surface area contributed by atoms with E-state index in [2.05, 4.69) is 0 Å². The maximum absolute atomic E-state index is 5.89. The van der Waals surface area contributed by atoms with Gasteiger partial charge in [0.15, 0.2) is 0 Å². The molecule has 0 spiro atoms. The third kappa shape index (κ3) is 3.01. The summed E-state index contributed by atoms with van der Waals surface area (Å²) in [4.78, 5) is 0. The minimum atomic E-state index is 0.748. The summed E-state index contributed by atoms with van der Waals surface area (Å²) in [6, 6.07) is 25.6. The van der Waals surface area contributed by atoms with Gasteiger partial charge in [-0.15, -0.1) is 0 Å². The topological polar surface area (TPSA) is 9.23 Å². The van der Waals surface area contributed by atoms with E-state index in [1.807, 2.05) is 78.9 Å². The number of halogens is 1. The van der Waals surface area contributed by atoms with Crippen LogP contribution in [0.4, 0.5) is 0 Å². The summed E-state index contributed by atoms with van der Waals surface area (Å²) in [6.45, 7) is 0. The highest BCUT2D eigenvalue weighted by Gasteiger charge is 2.00. The molecule has 0 radical (unpaired) electrons. The summed E-state index contributed by atoms with van der Waals surface area (Å²) in [7, 11) is 0. The molecule has 0 aliphatic rings. The van der Waals surface area contributed by atoms with Gasteiger partial charge in [-0.05, 0) is 47.5 Å². The average molecular weight is 281 g/mol. The maximum Gasteiger partial charge on any atom is 0.127 e. The summed E-state index contributed by atoms with van der Waals surface area (Å²) in [5.41, 5.74) is 2.28. The van der Waals surface area contributed by atoms with Gasteiger partial charge in [0, 0.05) is 5.02 Å². The van der Waals surface area contributed by atoms with Crippen molar-refractivity contribution in [3.05, 3.63) is 83.9 Å². The zero-order valence-electron chi connectivity index (χ0n) is 10.8. The largest absolute Gasteiger partial charge is 0.457 e. The minimum absolute atomic E-state index is 0.748. The monoisotopic (exact) mass is 280 g/mol. The fourth-order valence-corrected chi connectivity index (χ4v) is 2.11. The number of benzene rings is 3. The number of hydrogen-bond acceptors (Lipinski definition) is 1. The third-order valence-electron chi connectivity index (χ3n) is 3.01. The van der Waals surface area contributed by atoms with Gasteiger partial charge >= 0.3 is 0 Å². The molecule has 0 heterocycles. The van der Waals surface area contributed by atoms with E-state index in [0.717, 1.165) is 27.6 Å². The second kappa shape index (κ2) is 5.81. The van der Waals surface area contributed by atoms with Crippen LogP contribution in [0.15, 0.2) is 78.9 Å². The Morgan fingerprint density at radius 1 is 0.550 bits per heavy atom. The van der Waals surface area contributed by atoms with E-state index in [1.165, 1.54) is 0 Å². The molecule has 0 aromatic heterocycles. The molecule has 3 aromatic rings. The van der Waals surface area contributed by atoms with Gasteiger partial charge in [0.25, 0.3) is 0 Å². The second-order valence-electron chi connectivity index (χ2n) is 4.45. The highest BCUT2D eigenvalue weighted by molar-refractivity contribution is 6.30. The molecular formula is C18H13ClO. The van der Waals surface area contributed by atoms with Crippen molar-refractivity contribution in [3.8, 4) is 22.6 Å². The highest BCUT2D eigenvalue weighted by Crippen LogP contribution is 2.26. The van der Waals surface area contributed by atoms with Gasteiger partial charge < -0.3 is 4.74 Å². The van der Waals surface area contributed by atoms with Crippen molar-refractivity contribution in [2.75, 3.05) is 0 Å². The molecule has 0 aliphatic heterocycles. The van der Waals surface area contributed by atoms with Gasteiger partial charge in [-0.25, -0.2) is 0 Å². The van der Waals surface area contributed by atoms with Crippen LogP contribution >= 0.6 is 11.6 Å². The third-order valence-corrected chi connectivity index (χ3v) is 3.26. The number of ether oxygens (including phenoxy) is 1. The van der Waals surface area contributed by atoms with E-state index in [-0.39, 0.29) is 0 Å². The molecule has 0 saturated heterocycles. The predicted molar refractivity (Wildman–Crippen MR) is 83.4 cm³/mol. The van der Waals surface area contributed by atoms with Gasteiger partial charge in [-0.3, -0.25) is 0 Å². The number of hydrogen-bond donors (Lipinski definition) is 0. The molecule has 0 fully saturated rings. The van der Waals surface area contributed by atoms with Crippen molar-refractivity contribution in [1.82, 2.24) is 0 Å². The molecule has 98 valence electrons. The SMILES string of the molecule is Clc1ccc(-c2ccc(Oc3ccccc3)cc2)cc1. The summed E-state index contributed by atoms with van der Waals surface area (Å²) in [6.07, 6.45) is 0. The molecule has 0 atom stereocenters. The van der Waals surface area contributed by atoms with Crippen LogP contribution in [0.25, 0.3) is 11.1 Å². The molecule has 20 heavy (non-hydrogen) atoms. The molecule has 0 saturated carbocycles. The van der Waals surface area contributed by atoms with Gasteiger partial charge in [0.05, 0.1) is 0 Å². The molecule has 0 N–H and O–H groups in total. The fraction of sp³-hybridized carbons (Fsp3) is 0. The average Bonchev–Trinajstić information content (AvgIpc) is 2.50. The quantitative estimate of drug-likeness (QED) is 0.589. The summed E-state index contributed by atoms with van der Waals surface area (Å²) in [5.74, 6) is 1.67. The highest BCUT2D eigenvalue weighted by atomic mass is 35.5. The summed E-state index contributed by atoms with van der Waals surface area (Å²) < 4.78 is 5.77. The lowest BCUT2D eigenvalue weighted by Crippen LogP contribution is -1.84. The zero-order valence-corrected chi connectivity index (χ0v) is 11.5. The van der Waals surface area contributed by atoms with E-state index in [1.54, 1.807) is 0 Å². The first-order valence-electron chi connectivity index (χ1n) is 6.40. The Morgan fingerprint density at radius 3 is 1.65 bits per heavy atom. The van der Waals surface area contributed by atoms with E-state index < -0.39 is 0 Å². The Balaban J connectivity index is 1.79. The van der Waals surface area contributed by atoms with Gasteiger partial charge in [0.2, 0.25) is 0 Å². The van der Waals surface area contributed by atoms with Crippen LogP contribution in [-0.4, -0.2) is 0 Å². The first kappa shape index (κ1) is 12.8. The lowest BCUT2D eigenvalue weighted by Gasteiger charge is -2.07. The lowest BCUT2D eigenvalue weighted by molar-refractivity contribution is 0.483. The predicted octanol–water partition coefficient (Wildman–Crippen LogP) is 5.80. The van der Waals surface area contributed by atoms with Crippen molar-refractivity contribution in [1.29, 1.82) is 0 Å². The minimum Gasteiger partial charge on any atom is -0.457 e. The van der Waals surface area contributed by atoms with E-state index in [4.69, 9.17) is 16.3 Å². The molecule has 0 bridgehead atoms. The number of rotatable bonds is 3. The smallest absolute Gasteiger partial charge is 0.127 e. The van der Waals surface area contributed by atoms with Crippen LogP contribution in [0.1, 0.15) is 0 Å². The van der Waals surface area contributed by atoms with Gasteiger partial charge in [0.1, 0.15) is 11.5 Å². The van der Waals surface area contributed by atoms with E-state index in [0.29, 0.717) is 0 Å². The van der Waals surface area contributed by atoms with E-state index in [9.17, 15) is 0 Å². The molecule has 3 aromatic carbocycles. The fourth-order valence-electron chi connectivity index (χ4n) is 1.98. The van der Waals surface area contributed by atoms with Crippen LogP contribution in [-0.2, 0) is 0 Å². The summed E-state index contributed by atoms with van der Waals surface area (Å²) >= 11 is 5.89. The van der Waals surface area contributed by atoms with Crippen LogP contribution in [0.5, 0.6) is 11.5 Å². The molecule has 2 heteroatoms. The molecule has 0 unspecified atom stereocenters. The Hall–Kier alpha value is -2.25. The van der Waals surface area contributed by atoms with Crippen molar-refractivity contribution in [3.63, 3.8) is 0 Å². The maximum atomic E-state index is 5.89. The van der Waals surface area contributed by atoms with Crippen molar-refractivity contribution in [2.45, 2.75) is 0 Å². The Labute approximate surface area is 123 Å².